The number of fused-ring (bicyclic) bond motifs is 1. The average molecular weight is 296 g/mol. The highest BCUT2D eigenvalue weighted by atomic mass is 35.5. The van der Waals surface area contributed by atoms with Gasteiger partial charge in [0.25, 0.3) is 0 Å². The highest BCUT2D eigenvalue weighted by molar-refractivity contribution is 7.71. The summed E-state index contributed by atoms with van der Waals surface area (Å²) in [7, 11) is 0. The molecule has 0 saturated carbocycles. The van der Waals surface area contributed by atoms with Crippen LogP contribution in [0.1, 0.15) is 11.1 Å². The summed E-state index contributed by atoms with van der Waals surface area (Å²) in [5.74, 6) is 0. The molecule has 0 aliphatic carbocycles. The molecule has 0 saturated heterocycles. The third-order valence-corrected chi connectivity index (χ3v) is 4.31. The van der Waals surface area contributed by atoms with E-state index < -0.39 is 0 Å². The Balaban J connectivity index is 2.15. The first-order valence-electron chi connectivity index (χ1n) is 5.41. The van der Waals surface area contributed by atoms with Crippen LogP contribution in [0.3, 0.4) is 0 Å². The Hall–Kier alpha value is -1.17. The van der Waals surface area contributed by atoms with Crippen molar-refractivity contribution in [1.82, 2.24) is 14.5 Å². The van der Waals surface area contributed by atoms with Crippen LogP contribution in [0.25, 0.3) is 11.2 Å². The standard InChI is InChI=1S/C12H10ClN3S2/c1-7-5-18-6-8(7)4-16-11-10(15-12(16)17)2-9(13)3-14-11/h2-3,5-6H,4H2,1H3,(H,15,17). The van der Waals surface area contributed by atoms with E-state index in [0.717, 1.165) is 17.7 Å². The molecule has 3 aromatic rings. The number of thiophene rings is 1. The first kappa shape index (κ1) is 11.9. The van der Waals surface area contributed by atoms with Gasteiger partial charge in [-0.25, -0.2) is 4.98 Å². The van der Waals surface area contributed by atoms with Crippen molar-refractivity contribution < 1.29 is 0 Å². The summed E-state index contributed by atoms with van der Waals surface area (Å²) in [5.41, 5.74) is 4.27. The number of imidazole rings is 1. The Kier molecular flexibility index (Phi) is 2.97. The molecule has 18 heavy (non-hydrogen) atoms. The molecule has 0 unspecified atom stereocenters. The van der Waals surface area contributed by atoms with Crippen LogP contribution in [-0.2, 0) is 6.54 Å². The number of aromatic nitrogens is 3. The molecule has 0 aromatic carbocycles. The Labute approximate surface area is 118 Å². The summed E-state index contributed by atoms with van der Waals surface area (Å²) in [6, 6.07) is 1.84. The highest BCUT2D eigenvalue weighted by Gasteiger charge is 2.08. The minimum atomic E-state index is 0.609. The first-order chi connectivity index (χ1) is 8.65. The lowest BCUT2D eigenvalue weighted by molar-refractivity contribution is 0.799. The van der Waals surface area contributed by atoms with E-state index in [0.29, 0.717) is 9.79 Å². The minimum Gasteiger partial charge on any atom is -0.329 e. The maximum atomic E-state index is 5.92. The number of pyridine rings is 1. The van der Waals surface area contributed by atoms with Gasteiger partial charge in [0.2, 0.25) is 0 Å². The number of nitrogens with one attached hydrogen (secondary N) is 1. The normalized spacial score (nSPS) is 11.2. The lowest BCUT2D eigenvalue weighted by Crippen LogP contribution is -2.00. The molecule has 3 nitrogen and oxygen atoms in total. The van der Waals surface area contributed by atoms with E-state index in [1.165, 1.54) is 11.1 Å². The van der Waals surface area contributed by atoms with Crippen molar-refractivity contribution in [2.45, 2.75) is 13.5 Å². The number of aryl methyl sites for hydroxylation is 1. The van der Waals surface area contributed by atoms with Gasteiger partial charge in [0, 0.05) is 6.20 Å². The van der Waals surface area contributed by atoms with Crippen LogP contribution in [0.2, 0.25) is 5.02 Å². The molecule has 0 radical (unpaired) electrons. The van der Waals surface area contributed by atoms with Crippen LogP contribution in [-0.4, -0.2) is 14.5 Å². The minimum absolute atomic E-state index is 0.609. The lowest BCUT2D eigenvalue weighted by Gasteiger charge is -2.03. The van der Waals surface area contributed by atoms with Gasteiger partial charge in [0.05, 0.1) is 17.1 Å². The number of hydrogen-bond donors (Lipinski definition) is 1. The zero-order valence-electron chi connectivity index (χ0n) is 9.61. The van der Waals surface area contributed by atoms with Gasteiger partial charge in [-0.15, -0.1) is 0 Å². The van der Waals surface area contributed by atoms with Gasteiger partial charge in [-0.1, -0.05) is 11.6 Å². The Bertz CT molecular complexity index is 769. The fraction of sp³-hybridized carbons (Fsp3) is 0.167. The molecule has 0 aliphatic heterocycles. The predicted octanol–water partition coefficient (Wildman–Crippen LogP) is 4.17. The highest BCUT2D eigenvalue weighted by Crippen LogP contribution is 2.20. The average Bonchev–Trinajstić information content (AvgIpc) is 2.85. The van der Waals surface area contributed by atoms with Crippen molar-refractivity contribution >= 4 is 46.3 Å². The second-order valence-corrected chi connectivity index (χ2v) is 5.69. The molecule has 0 aliphatic rings. The van der Waals surface area contributed by atoms with Crippen LogP contribution in [0, 0.1) is 11.7 Å². The molecule has 3 rings (SSSR count). The Morgan fingerprint density at radius 2 is 2.33 bits per heavy atom. The molecule has 92 valence electrons. The topological polar surface area (TPSA) is 33.6 Å². The Morgan fingerprint density at radius 1 is 1.50 bits per heavy atom. The van der Waals surface area contributed by atoms with E-state index >= 15 is 0 Å². The molecular formula is C12H10ClN3S2. The summed E-state index contributed by atoms with van der Waals surface area (Å²) in [6.07, 6.45) is 1.64. The van der Waals surface area contributed by atoms with E-state index in [-0.39, 0.29) is 0 Å². The van der Waals surface area contributed by atoms with Gasteiger partial charge in [0.15, 0.2) is 10.4 Å². The predicted molar refractivity (Wildman–Crippen MR) is 78.1 cm³/mol. The van der Waals surface area contributed by atoms with Crippen molar-refractivity contribution in [3.8, 4) is 0 Å². The summed E-state index contributed by atoms with van der Waals surface area (Å²) in [5, 5.41) is 4.89. The van der Waals surface area contributed by atoms with E-state index in [9.17, 15) is 0 Å². The van der Waals surface area contributed by atoms with Crippen molar-refractivity contribution in [1.29, 1.82) is 0 Å². The second kappa shape index (κ2) is 4.50. The third-order valence-electron chi connectivity index (χ3n) is 2.87. The largest absolute Gasteiger partial charge is 0.329 e. The molecule has 0 fully saturated rings. The molecular weight excluding hydrogens is 286 g/mol. The van der Waals surface area contributed by atoms with Gasteiger partial charge in [-0.3, -0.25) is 4.57 Å². The van der Waals surface area contributed by atoms with Crippen LogP contribution in [0.15, 0.2) is 23.0 Å². The van der Waals surface area contributed by atoms with Gasteiger partial charge < -0.3 is 4.98 Å². The molecule has 0 spiro atoms. The number of rotatable bonds is 2. The van der Waals surface area contributed by atoms with Crippen molar-refractivity contribution in [2.24, 2.45) is 0 Å². The zero-order valence-corrected chi connectivity index (χ0v) is 12.0. The van der Waals surface area contributed by atoms with Crippen molar-refractivity contribution in [3.05, 3.63) is 43.9 Å². The van der Waals surface area contributed by atoms with Gasteiger partial charge in [-0.2, -0.15) is 11.3 Å². The molecule has 0 bridgehead atoms. The molecule has 3 aromatic heterocycles. The first-order valence-corrected chi connectivity index (χ1v) is 7.14. The molecule has 3 heterocycles. The molecule has 0 atom stereocenters. The Morgan fingerprint density at radius 3 is 3.06 bits per heavy atom. The van der Waals surface area contributed by atoms with Crippen LogP contribution in [0.4, 0.5) is 0 Å². The lowest BCUT2D eigenvalue weighted by atomic mass is 10.2. The summed E-state index contributed by atoms with van der Waals surface area (Å²) >= 11 is 13.0. The fourth-order valence-electron chi connectivity index (χ4n) is 1.88. The zero-order chi connectivity index (χ0) is 12.7. The third kappa shape index (κ3) is 1.98. The maximum Gasteiger partial charge on any atom is 0.179 e. The fourth-order valence-corrected chi connectivity index (χ4v) is 3.15. The summed E-state index contributed by atoms with van der Waals surface area (Å²) in [6.45, 7) is 2.84. The van der Waals surface area contributed by atoms with Crippen LogP contribution >= 0.6 is 35.2 Å². The second-order valence-electron chi connectivity index (χ2n) is 4.12. The van der Waals surface area contributed by atoms with Crippen LogP contribution in [0.5, 0.6) is 0 Å². The summed E-state index contributed by atoms with van der Waals surface area (Å²) < 4.78 is 2.67. The quantitative estimate of drug-likeness (QED) is 0.720. The van der Waals surface area contributed by atoms with E-state index in [2.05, 4.69) is 27.7 Å². The SMILES string of the molecule is Cc1cscc1Cn1c(=S)[nH]c2cc(Cl)cnc21. The molecule has 6 heteroatoms. The van der Waals surface area contributed by atoms with Gasteiger partial charge in [-0.05, 0) is 47.1 Å². The van der Waals surface area contributed by atoms with Crippen LogP contribution < -0.4 is 0 Å². The number of hydrogen-bond acceptors (Lipinski definition) is 3. The van der Waals surface area contributed by atoms with Crippen molar-refractivity contribution in [2.75, 3.05) is 0 Å². The van der Waals surface area contributed by atoms with E-state index in [1.54, 1.807) is 17.5 Å². The smallest absolute Gasteiger partial charge is 0.179 e. The number of nitrogens with zero attached hydrogens (tertiary/aromatic N) is 2. The van der Waals surface area contributed by atoms with Crippen molar-refractivity contribution in [3.63, 3.8) is 0 Å². The maximum absolute atomic E-state index is 5.92. The molecule has 0 amide bonds. The summed E-state index contributed by atoms with van der Waals surface area (Å²) in [4.78, 5) is 7.48. The number of aromatic amines is 1. The number of H-pyrrole nitrogens is 1. The number of halogens is 1. The van der Waals surface area contributed by atoms with E-state index in [4.69, 9.17) is 23.8 Å². The molecule has 1 N–H and O–H groups in total. The monoisotopic (exact) mass is 295 g/mol. The van der Waals surface area contributed by atoms with Gasteiger partial charge in [0.1, 0.15) is 0 Å². The van der Waals surface area contributed by atoms with Gasteiger partial charge >= 0.3 is 0 Å². The van der Waals surface area contributed by atoms with E-state index in [1.807, 2.05) is 10.6 Å².